The Hall–Kier alpha value is -1.87. The van der Waals surface area contributed by atoms with E-state index in [-0.39, 0.29) is 30.6 Å². The molecule has 5 heterocycles. The summed E-state index contributed by atoms with van der Waals surface area (Å²) in [7, 11) is 0. The van der Waals surface area contributed by atoms with Crippen LogP contribution in [0.1, 0.15) is 92.9 Å². The molecule has 5 aliphatic heterocycles. The molecule has 33 atom stereocenters. The molecular weight excluding hydrogens is 1160 g/mol. The third-order valence-corrected chi connectivity index (χ3v) is 22.9. The number of rotatable bonds is 14. The van der Waals surface area contributed by atoms with Crippen molar-refractivity contribution < 1.29 is 144 Å². The molecule has 18 N–H and O–H groups in total. The quantitative estimate of drug-likeness (QED) is 0.0437. The summed E-state index contributed by atoms with van der Waals surface area (Å²) in [5.41, 5.74) is -5.13. The van der Waals surface area contributed by atoms with Crippen molar-refractivity contribution in [3.05, 3.63) is 11.6 Å². The minimum Gasteiger partial charge on any atom is -0.432 e. The van der Waals surface area contributed by atoms with Gasteiger partial charge in [-0.25, -0.2) is 0 Å². The predicted octanol–water partition coefficient (Wildman–Crippen LogP) is -6.02. The van der Waals surface area contributed by atoms with Crippen LogP contribution in [-0.4, -0.2) is 297 Å². The van der Waals surface area contributed by atoms with Crippen molar-refractivity contribution in [3.8, 4) is 0 Å². The maximum absolute atomic E-state index is 15.4. The standard InChI is InChI=1S/C58H94O29/c1-22-43(83-47-39(73)33(67)26(64)18-78-47)38(72)41(75)48(80-22)85-45-34(68)27(65)19-79-51(45)87-52(77)58-12-11-53(2,3)13-24(58)23-7-8-30-54(4)14-25(63)46(57(20-61,21-62)31(54)9-10-55(30,5)56(23,6)15-32(58)66)86-50-42(76)44(36(70)29(17-60)82-50)84-49-40(74)37(71)35(69)28(16-59)81-49/h7,22,24-51,59-76H,8-21H2,1-6H3. The van der Waals surface area contributed by atoms with Gasteiger partial charge in [-0.05, 0) is 97.7 Å². The minimum atomic E-state index is -1.98. The lowest BCUT2D eigenvalue weighted by Gasteiger charge is -2.72. The zero-order valence-corrected chi connectivity index (χ0v) is 49.8. The Bertz CT molecular complexity index is 2420. The Morgan fingerprint density at radius 2 is 1.10 bits per heavy atom. The van der Waals surface area contributed by atoms with Gasteiger partial charge in [0.15, 0.2) is 31.3 Å². The summed E-state index contributed by atoms with van der Waals surface area (Å²) in [6.07, 6.45) is -38.9. The van der Waals surface area contributed by atoms with E-state index in [4.69, 9.17) is 47.4 Å². The van der Waals surface area contributed by atoms with Crippen molar-refractivity contribution in [1.82, 2.24) is 0 Å². The normalized spacial score (nSPS) is 54.0. The third kappa shape index (κ3) is 11.1. The molecule has 0 spiro atoms. The van der Waals surface area contributed by atoms with Gasteiger partial charge in [0.1, 0.15) is 103 Å². The highest BCUT2D eigenvalue weighted by molar-refractivity contribution is 5.80. The van der Waals surface area contributed by atoms with Crippen LogP contribution in [0.3, 0.4) is 0 Å². The van der Waals surface area contributed by atoms with Gasteiger partial charge in [0.25, 0.3) is 0 Å². The zero-order valence-electron chi connectivity index (χ0n) is 49.8. The van der Waals surface area contributed by atoms with E-state index in [1.165, 1.54) is 6.92 Å². The van der Waals surface area contributed by atoms with Crippen molar-refractivity contribution in [2.75, 3.05) is 39.6 Å². The predicted molar refractivity (Wildman–Crippen MR) is 288 cm³/mol. The Labute approximate surface area is 502 Å². The summed E-state index contributed by atoms with van der Waals surface area (Å²) in [5, 5.41) is 199. The van der Waals surface area contributed by atoms with Crippen molar-refractivity contribution in [3.63, 3.8) is 0 Å². The van der Waals surface area contributed by atoms with Crippen LogP contribution in [0.2, 0.25) is 0 Å². The van der Waals surface area contributed by atoms with Crippen LogP contribution < -0.4 is 0 Å². The second-order valence-electron chi connectivity index (χ2n) is 28.2. The number of fused-ring (bicyclic) bond motifs is 7. The van der Waals surface area contributed by atoms with Crippen molar-refractivity contribution >= 4 is 5.97 Å². The van der Waals surface area contributed by atoms with Gasteiger partial charge < -0.3 is 139 Å². The smallest absolute Gasteiger partial charge is 0.317 e. The van der Waals surface area contributed by atoms with Crippen LogP contribution in [-0.2, 0) is 52.2 Å². The van der Waals surface area contributed by atoms with Gasteiger partial charge in [-0.1, -0.05) is 46.3 Å². The first kappa shape index (κ1) is 68.0. The Morgan fingerprint density at radius 1 is 0.540 bits per heavy atom. The van der Waals surface area contributed by atoms with Gasteiger partial charge >= 0.3 is 5.97 Å². The molecule has 0 amide bonds. The molecule has 29 nitrogen and oxygen atoms in total. The summed E-state index contributed by atoms with van der Waals surface area (Å²) in [4.78, 5) is 15.4. The van der Waals surface area contributed by atoms with Gasteiger partial charge in [0.05, 0.1) is 64.1 Å². The van der Waals surface area contributed by atoms with Crippen LogP contribution in [0.15, 0.2) is 11.6 Å². The molecule has 87 heavy (non-hydrogen) atoms. The van der Waals surface area contributed by atoms with Crippen LogP contribution in [0.5, 0.6) is 0 Å². The summed E-state index contributed by atoms with van der Waals surface area (Å²) in [6, 6.07) is 0. The third-order valence-electron chi connectivity index (χ3n) is 22.9. The molecule has 0 aromatic carbocycles. The highest BCUT2D eigenvalue weighted by atomic mass is 16.8. The van der Waals surface area contributed by atoms with E-state index in [2.05, 4.69) is 33.8 Å². The first-order valence-corrected chi connectivity index (χ1v) is 30.5. The highest BCUT2D eigenvalue weighted by Gasteiger charge is 2.74. The van der Waals surface area contributed by atoms with E-state index < -0.39 is 244 Å². The summed E-state index contributed by atoms with van der Waals surface area (Å²) < 4.78 is 58.7. The second kappa shape index (κ2) is 25.1. The lowest BCUT2D eigenvalue weighted by Crippen LogP contribution is -2.72. The molecule has 0 radical (unpaired) electrons. The number of aliphatic hydroxyl groups excluding tert-OH is 18. The van der Waals surface area contributed by atoms with Gasteiger partial charge in [-0.3, -0.25) is 4.79 Å². The number of esters is 1. The van der Waals surface area contributed by atoms with Crippen LogP contribution in [0, 0.1) is 50.2 Å². The van der Waals surface area contributed by atoms with E-state index in [1.807, 2.05) is 6.92 Å². The second-order valence-corrected chi connectivity index (χ2v) is 28.2. The van der Waals surface area contributed by atoms with Gasteiger partial charge in [0.2, 0.25) is 6.29 Å². The molecule has 4 saturated carbocycles. The molecule has 0 aromatic rings. The number of carbonyl (C=O) groups excluding carboxylic acids is 1. The Kier molecular flexibility index (Phi) is 19.6. The van der Waals surface area contributed by atoms with Crippen molar-refractivity contribution in [1.29, 1.82) is 0 Å². The molecule has 29 heteroatoms. The number of hydrogen-bond donors (Lipinski definition) is 18. The average Bonchev–Trinajstić information content (AvgIpc) is 0.675. The number of ether oxygens (including phenoxy) is 10. The Balaban J connectivity index is 0.890. The van der Waals surface area contributed by atoms with Crippen LogP contribution >= 0.6 is 0 Å². The lowest BCUT2D eigenvalue weighted by molar-refractivity contribution is -0.377. The molecule has 33 unspecified atom stereocenters. The van der Waals surface area contributed by atoms with Crippen molar-refractivity contribution in [2.45, 2.75) is 253 Å². The van der Waals surface area contributed by atoms with Gasteiger partial charge in [0, 0.05) is 5.41 Å². The summed E-state index contributed by atoms with van der Waals surface area (Å²) in [5.74, 6) is -2.42. The fraction of sp³-hybridized carbons (Fsp3) is 0.948. The number of carbonyl (C=O) groups is 1. The fourth-order valence-electron chi connectivity index (χ4n) is 17.7. The molecule has 0 bridgehead atoms. The average molecular weight is 1260 g/mol. The molecule has 10 aliphatic rings. The molecule has 9 fully saturated rings. The molecule has 0 aromatic heterocycles. The fourth-order valence-corrected chi connectivity index (χ4v) is 17.7. The monoisotopic (exact) mass is 1250 g/mol. The van der Waals surface area contributed by atoms with E-state index in [0.29, 0.717) is 32.1 Å². The highest BCUT2D eigenvalue weighted by Crippen LogP contribution is 2.76. The lowest BCUT2D eigenvalue weighted by atomic mass is 9.33. The van der Waals surface area contributed by atoms with E-state index >= 15 is 4.79 Å². The number of hydrogen-bond acceptors (Lipinski definition) is 29. The molecule has 5 saturated heterocycles. The van der Waals surface area contributed by atoms with Crippen LogP contribution in [0.4, 0.5) is 0 Å². The molecule has 10 rings (SSSR count). The first-order valence-electron chi connectivity index (χ1n) is 30.5. The summed E-state index contributed by atoms with van der Waals surface area (Å²) in [6.45, 7) is 7.74. The SMILES string of the molecule is CC1OC(OC2C(OC(=O)C34CCC(C)(C)CC3C3=CCC5C6(C)CC(O)C(OC7OC(CO)C(O)C(OC8OC(CO)C(O)C(O)C8O)C7O)C(CO)(CO)C6CCC5(C)C3(C)CC4O)OCC(O)C2O)C(O)C(O)C1OC1OCC(O)C(O)C1O. The maximum Gasteiger partial charge on any atom is 0.317 e. The topological polar surface area (TPSA) is 474 Å². The zero-order chi connectivity index (χ0) is 63.6. The van der Waals surface area contributed by atoms with Crippen molar-refractivity contribution in [2.24, 2.45) is 50.2 Å². The number of allylic oxidation sites excluding steroid dienone is 2. The van der Waals surface area contributed by atoms with Crippen LogP contribution in [0.25, 0.3) is 0 Å². The molecule has 500 valence electrons. The summed E-state index contributed by atoms with van der Waals surface area (Å²) >= 11 is 0. The Morgan fingerprint density at radius 3 is 1.75 bits per heavy atom. The van der Waals surface area contributed by atoms with E-state index in [9.17, 15) is 91.9 Å². The number of aliphatic hydroxyl groups is 18. The molecule has 5 aliphatic carbocycles. The van der Waals surface area contributed by atoms with Gasteiger partial charge in [-0.2, -0.15) is 0 Å². The largest absolute Gasteiger partial charge is 0.432 e. The first-order chi connectivity index (χ1) is 40.8. The van der Waals surface area contributed by atoms with E-state index in [0.717, 1.165) is 5.57 Å². The molecular formula is C58H94O29. The van der Waals surface area contributed by atoms with E-state index in [1.54, 1.807) is 0 Å². The minimum absolute atomic E-state index is 0.0230. The van der Waals surface area contributed by atoms with Gasteiger partial charge in [-0.15, -0.1) is 0 Å². The maximum atomic E-state index is 15.4.